The van der Waals surface area contributed by atoms with Crippen LogP contribution in [0, 0.1) is 40.7 Å². The second kappa shape index (κ2) is 19.4. The molecule has 0 saturated carbocycles. The summed E-state index contributed by atoms with van der Waals surface area (Å²) in [5, 5.41) is 73.1. The number of phenolic OH excluding ortho intramolecular Hbond substituents is 3. The monoisotopic (exact) mass is 891 g/mol. The molecule has 0 fully saturated rings. The number of carbonyl (C=O) groups excluding carboxylic acids is 4. The summed E-state index contributed by atoms with van der Waals surface area (Å²) in [6.07, 6.45) is 1.62. The van der Waals surface area contributed by atoms with Crippen molar-refractivity contribution < 1.29 is 73.3 Å². The normalized spacial score (nSPS) is 28.3. The highest BCUT2D eigenvalue weighted by molar-refractivity contribution is 6.24. The van der Waals surface area contributed by atoms with Crippen molar-refractivity contribution in [2.24, 2.45) is 23.7 Å². The van der Waals surface area contributed by atoms with Crippen LogP contribution >= 0.6 is 0 Å². The number of phenols is 3. The van der Waals surface area contributed by atoms with E-state index in [9.17, 15) is 54.8 Å². The molecule has 0 aromatic heterocycles. The molecule has 0 radical (unpaired) electrons. The van der Waals surface area contributed by atoms with Gasteiger partial charge < -0.3 is 54.5 Å². The molecule has 5 bridgehead atoms. The number of allylic oxidation sites excluding steroid dienone is 2. The minimum atomic E-state index is -2.18. The third-order valence-corrected chi connectivity index (χ3v) is 11.7. The van der Waals surface area contributed by atoms with Crippen LogP contribution in [0.4, 0.5) is 21.9 Å². The first kappa shape index (κ1) is 48.3. The minimum Gasteiger partial charge on any atom is -0.507 e. The average Bonchev–Trinajstić information content (AvgIpc) is 3.52. The van der Waals surface area contributed by atoms with Crippen LogP contribution in [0.1, 0.15) is 70.0 Å². The summed E-state index contributed by atoms with van der Waals surface area (Å²) in [7, 11) is 1.39. The van der Waals surface area contributed by atoms with Crippen molar-refractivity contribution in [2.75, 3.05) is 17.7 Å². The van der Waals surface area contributed by atoms with Gasteiger partial charge in [0.25, 0.3) is 17.4 Å². The van der Waals surface area contributed by atoms with E-state index in [0.717, 1.165) is 6.26 Å². The van der Waals surface area contributed by atoms with Crippen LogP contribution in [0.5, 0.6) is 23.0 Å². The summed E-state index contributed by atoms with van der Waals surface area (Å²) in [4.78, 5) is 64.3. The van der Waals surface area contributed by atoms with Gasteiger partial charge >= 0.3 is 17.8 Å². The fraction of sp³-hybridized carbons (Fsp3) is 0.422. The van der Waals surface area contributed by atoms with Gasteiger partial charge in [-0.15, -0.1) is 0 Å². The van der Waals surface area contributed by atoms with E-state index in [1.165, 1.54) is 77.3 Å². The zero-order valence-corrected chi connectivity index (χ0v) is 36.7. The van der Waals surface area contributed by atoms with Gasteiger partial charge in [-0.3, -0.25) is 29.8 Å². The number of aliphatic hydroxyl groups is 2. The lowest BCUT2D eigenvalue weighted by Gasteiger charge is -2.38. The van der Waals surface area contributed by atoms with E-state index in [1.54, 1.807) is 33.8 Å². The molecule has 3 aliphatic heterocycles. The van der Waals surface area contributed by atoms with Gasteiger partial charge in [0.1, 0.15) is 41.3 Å². The number of benzene rings is 3. The zero-order chi connectivity index (χ0) is 47.5. The van der Waals surface area contributed by atoms with Crippen molar-refractivity contribution in [3.05, 3.63) is 87.2 Å². The molecular formula is C45H53N3O16. The smallest absolute Gasteiger partial charge is 0.412 e. The maximum absolute atomic E-state index is 14.4. The average molecular weight is 892 g/mol. The molecular weight excluding hydrogens is 838 g/mol. The fourth-order valence-electron chi connectivity index (χ4n) is 7.85. The summed E-state index contributed by atoms with van der Waals surface area (Å²) < 4.78 is 28.7. The van der Waals surface area contributed by atoms with E-state index < -0.39 is 129 Å². The van der Waals surface area contributed by atoms with E-state index in [2.05, 4.69) is 10.6 Å². The Morgan fingerprint density at radius 2 is 1.59 bits per heavy atom. The van der Waals surface area contributed by atoms with Gasteiger partial charge in [0.15, 0.2) is 5.75 Å². The number of esters is 1. The number of ether oxygens (including phenoxy) is 5. The van der Waals surface area contributed by atoms with Crippen molar-refractivity contribution >= 4 is 51.6 Å². The van der Waals surface area contributed by atoms with Crippen LogP contribution in [0.2, 0.25) is 0 Å². The summed E-state index contributed by atoms with van der Waals surface area (Å²) in [5.41, 5.74) is -1.54. The number of hydrogen-bond acceptors (Lipinski definition) is 16. The van der Waals surface area contributed by atoms with Crippen molar-refractivity contribution in [1.82, 2.24) is 0 Å². The number of rotatable bonds is 6. The lowest BCUT2D eigenvalue weighted by atomic mass is 9.78. The number of ketones is 1. The topological polar surface area (TPSA) is 283 Å². The molecule has 9 atom stereocenters. The van der Waals surface area contributed by atoms with Crippen molar-refractivity contribution in [2.45, 2.75) is 92.2 Å². The summed E-state index contributed by atoms with van der Waals surface area (Å²) in [6, 6.07) is 5.11. The molecule has 19 nitrogen and oxygen atoms in total. The highest BCUT2D eigenvalue weighted by atomic mass is 16.7. The number of aliphatic hydroxyl groups excluding tert-OH is 2. The molecule has 64 heavy (non-hydrogen) atoms. The number of nitrogens with one attached hydrogen (secondary N) is 2. The number of amides is 2. The molecule has 7 N–H and O–H groups in total. The Hall–Kier alpha value is -6.70. The molecule has 6 rings (SSSR count). The summed E-state index contributed by atoms with van der Waals surface area (Å²) in [6.45, 7) is 11.6. The summed E-state index contributed by atoms with van der Waals surface area (Å²) in [5.74, 6) is -10.0. The summed E-state index contributed by atoms with van der Waals surface area (Å²) >= 11 is 0. The lowest BCUT2D eigenvalue weighted by Crippen LogP contribution is -2.46. The largest absolute Gasteiger partial charge is 0.507 e. The van der Waals surface area contributed by atoms with E-state index >= 15 is 0 Å². The Kier molecular flexibility index (Phi) is 14.6. The Bertz CT molecular complexity index is 2430. The number of nitro benzene ring substituents is 1. The predicted octanol–water partition coefficient (Wildman–Crippen LogP) is 6.41. The molecule has 0 unspecified atom stereocenters. The van der Waals surface area contributed by atoms with Crippen molar-refractivity contribution in [3.8, 4) is 23.0 Å². The van der Waals surface area contributed by atoms with Gasteiger partial charge in [-0.2, -0.15) is 0 Å². The van der Waals surface area contributed by atoms with Crippen LogP contribution < -0.4 is 15.4 Å². The highest BCUT2D eigenvalue weighted by Gasteiger charge is 2.50. The Balaban J connectivity index is 1.67. The number of nitro groups is 1. The number of Topliss-reactive ketones (excluding diaryl/α,β-unsaturated/α-hetero) is 1. The number of fused-ring (bicyclic) bond motifs is 14. The van der Waals surface area contributed by atoms with Crippen LogP contribution in [0.15, 0.2) is 60.4 Å². The standard InChI is InChI=1S/C45H53N3O16/c1-20-11-10-12-21(2)43(56)46-33-34(47-44(57)61-19-27-13-15-28(16-14-27)48(58)59)38(53)30-31(39(33)54)37(52)25(6)41-32(30)42(55)45(8,64-41)62-18-17-29(60-9)22(3)40(63-26(7)49)24(5)36(51)23(4)35(20)50/h10-18,20,22-24,29,35-36,40,50-54H,19H2,1-9H3,(H,46,56)(H,47,57)/b11-10+,18-17+,21-12-/t20-,22+,23+,24+,29-,35-,36+,40+,45-/m0/s1. The van der Waals surface area contributed by atoms with E-state index in [4.69, 9.17) is 23.7 Å². The third kappa shape index (κ3) is 9.60. The number of methoxy groups -OCH3 is 1. The first-order chi connectivity index (χ1) is 30.0. The van der Waals surface area contributed by atoms with Crippen LogP contribution in [0.3, 0.4) is 0 Å². The molecule has 344 valence electrons. The Morgan fingerprint density at radius 3 is 2.20 bits per heavy atom. The van der Waals surface area contributed by atoms with Gasteiger partial charge in [-0.25, -0.2) is 4.79 Å². The Morgan fingerprint density at radius 1 is 0.938 bits per heavy atom. The van der Waals surface area contributed by atoms with Crippen LogP contribution in [-0.2, 0) is 35.1 Å². The SMILES string of the molecule is CO[C@H]1/C=C/O[C@@]2(C)Oc3c(C)c(O)c4c(O)c(c(NC(=O)OCc5ccc([N+](=O)[O-])cc5)c(O)c4c3C2=O)NC(=O)/C(C)=C\C=C\[C@H](C)[C@H](O)[C@@H](C)[C@@H](O)[C@@H](C)[C@H](OC(C)=O)[C@@H]1C. The molecule has 3 aliphatic rings. The predicted molar refractivity (Wildman–Crippen MR) is 231 cm³/mol. The van der Waals surface area contributed by atoms with Gasteiger partial charge in [0.05, 0.1) is 40.4 Å². The fourth-order valence-corrected chi connectivity index (χ4v) is 7.85. The first-order valence-electron chi connectivity index (χ1n) is 20.3. The van der Waals surface area contributed by atoms with E-state index in [-0.39, 0.29) is 28.1 Å². The number of non-ortho nitro benzene ring substituents is 1. The number of carbonyl (C=O) groups is 4. The molecule has 0 saturated heterocycles. The van der Waals surface area contributed by atoms with Gasteiger partial charge in [-0.1, -0.05) is 45.9 Å². The second-order valence-electron chi connectivity index (χ2n) is 16.2. The first-order valence-corrected chi connectivity index (χ1v) is 20.3. The molecule has 2 amide bonds. The van der Waals surface area contributed by atoms with Gasteiger partial charge in [-0.05, 0) is 37.6 Å². The second-order valence-corrected chi connectivity index (χ2v) is 16.2. The van der Waals surface area contributed by atoms with Crippen molar-refractivity contribution in [1.29, 1.82) is 0 Å². The van der Waals surface area contributed by atoms with Gasteiger partial charge in [0.2, 0.25) is 0 Å². The highest BCUT2D eigenvalue weighted by Crippen LogP contribution is 2.57. The van der Waals surface area contributed by atoms with E-state index in [1.807, 2.05) is 0 Å². The number of anilines is 2. The molecule has 0 spiro atoms. The maximum atomic E-state index is 14.4. The van der Waals surface area contributed by atoms with Crippen LogP contribution in [0.25, 0.3) is 10.8 Å². The molecule has 3 heterocycles. The van der Waals surface area contributed by atoms with Gasteiger partial charge in [0, 0.05) is 73.3 Å². The van der Waals surface area contributed by atoms with E-state index in [0.29, 0.717) is 5.56 Å². The number of nitrogens with zero attached hydrogens (tertiary/aromatic N) is 1. The molecule has 19 heteroatoms. The minimum absolute atomic E-state index is 0.0181. The van der Waals surface area contributed by atoms with Crippen molar-refractivity contribution in [3.63, 3.8) is 0 Å². The quantitative estimate of drug-likeness (QED) is 0.0463. The molecule has 3 aromatic rings. The third-order valence-electron chi connectivity index (χ3n) is 11.7. The number of aromatic hydroxyl groups is 3. The van der Waals surface area contributed by atoms with Crippen LogP contribution in [-0.4, -0.2) is 91.5 Å². The number of hydrogen-bond donors (Lipinski definition) is 7. The zero-order valence-electron chi connectivity index (χ0n) is 36.7. The maximum Gasteiger partial charge on any atom is 0.412 e. The molecule has 3 aromatic carbocycles. The Labute approximate surface area is 368 Å². The molecule has 0 aliphatic carbocycles. The lowest BCUT2D eigenvalue weighted by molar-refractivity contribution is -0.384.